The number of methoxy groups -OCH3 is 2. The van der Waals surface area contributed by atoms with Crippen molar-refractivity contribution in [3.8, 4) is 23.0 Å². The summed E-state index contributed by atoms with van der Waals surface area (Å²) in [5.74, 6) is 1.91. The first kappa shape index (κ1) is 12.4. The maximum atomic E-state index is 5.43. The van der Waals surface area contributed by atoms with Crippen LogP contribution in [0.5, 0.6) is 11.5 Å². The van der Waals surface area contributed by atoms with Crippen LogP contribution in [0.3, 0.4) is 0 Å². The summed E-state index contributed by atoms with van der Waals surface area (Å²) < 4.78 is 15.9. The van der Waals surface area contributed by atoms with Crippen LogP contribution in [0.4, 0.5) is 0 Å². The number of aromatic nitrogens is 1. The molecule has 1 heterocycles. The monoisotopic (exact) mass is 248 g/mol. The van der Waals surface area contributed by atoms with E-state index in [9.17, 15) is 0 Å². The van der Waals surface area contributed by atoms with E-state index in [0.29, 0.717) is 23.9 Å². The fourth-order valence-corrected chi connectivity index (χ4v) is 1.67. The summed E-state index contributed by atoms with van der Waals surface area (Å²) in [5.41, 5.74) is 1.72. The third-order valence-electron chi connectivity index (χ3n) is 2.54. The summed E-state index contributed by atoms with van der Waals surface area (Å²) in [6, 6.07) is 5.56. The number of oxazole rings is 1. The molecule has 0 saturated heterocycles. The summed E-state index contributed by atoms with van der Waals surface area (Å²) in [5, 5.41) is 3.02. The molecule has 0 atom stereocenters. The Bertz CT molecular complexity index is 523. The fourth-order valence-electron chi connectivity index (χ4n) is 1.67. The minimum absolute atomic E-state index is 0.571. The van der Waals surface area contributed by atoms with Crippen LogP contribution >= 0.6 is 0 Å². The van der Waals surface area contributed by atoms with Crippen molar-refractivity contribution in [1.29, 1.82) is 0 Å². The zero-order valence-electron chi connectivity index (χ0n) is 10.7. The van der Waals surface area contributed by atoms with E-state index in [0.717, 1.165) is 11.3 Å². The van der Waals surface area contributed by atoms with Gasteiger partial charge in [-0.3, -0.25) is 0 Å². The normalized spacial score (nSPS) is 10.4. The van der Waals surface area contributed by atoms with Crippen molar-refractivity contribution in [3.05, 3.63) is 30.2 Å². The van der Waals surface area contributed by atoms with Crippen molar-refractivity contribution < 1.29 is 13.9 Å². The van der Waals surface area contributed by atoms with E-state index in [1.54, 1.807) is 20.5 Å². The highest BCUT2D eigenvalue weighted by Crippen LogP contribution is 2.31. The predicted octanol–water partition coefficient (Wildman–Crippen LogP) is 2.08. The molecule has 5 nitrogen and oxygen atoms in total. The number of hydrogen-bond donors (Lipinski definition) is 1. The molecule has 0 aliphatic carbocycles. The SMILES string of the molecule is CNCc1coc(-c2ccc(OC)c(OC)c2)n1. The standard InChI is InChI=1S/C13H16N2O3/c1-14-7-10-8-18-13(15-10)9-4-5-11(16-2)12(6-9)17-3/h4-6,8,14H,7H2,1-3H3. The second kappa shape index (κ2) is 5.55. The zero-order valence-corrected chi connectivity index (χ0v) is 10.7. The summed E-state index contributed by atoms with van der Waals surface area (Å²) in [6.45, 7) is 0.677. The fraction of sp³-hybridized carbons (Fsp3) is 0.308. The third kappa shape index (κ3) is 2.46. The van der Waals surface area contributed by atoms with Gasteiger partial charge in [0.15, 0.2) is 11.5 Å². The maximum absolute atomic E-state index is 5.43. The highest BCUT2D eigenvalue weighted by molar-refractivity contribution is 5.60. The van der Waals surface area contributed by atoms with Crippen molar-refractivity contribution in [2.45, 2.75) is 6.54 Å². The molecule has 0 amide bonds. The summed E-state index contributed by atoms with van der Waals surface area (Å²) >= 11 is 0. The topological polar surface area (TPSA) is 56.5 Å². The van der Waals surface area contributed by atoms with Gasteiger partial charge in [-0.25, -0.2) is 4.98 Å². The number of hydrogen-bond acceptors (Lipinski definition) is 5. The van der Waals surface area contributed by atoms with Gasteiger partial charge in [0.2, 0.25) is 5.89 Å². The number of nitrogens with one attached hydrogen (secondary N) is 1. The summed E-state index contributed by atoms with van der Waals surface area (Å²) in [4.78, 5) is 4.38. The van der Waals surface area contributed by atoms with E-state index in [2.05, 4.69) is 10.3 Å². The van der Waals surface area contributed by atoms with Gasteiger partial charge in [0.05, 0.1) is 19.9 Å². The highest BCUT2D eigenvalue weighted by Gasteiger charge is 2.10. The molecule has 0 aliphatic rings. The lowest BCUT2D eigenvalue weighted by molar-refractivity contribution is 0.355. The van der Waals surface area contributed by atoms with Gasteiger partial charge < -0.3 is 19.2 Å². The van der Waals surface area contributed by atoms with Crippen LogP contribution in [0.2, 0.25) is 0 Å². The van der Waals surface area contributed by atoms with Gasteiger partial charge in [-0.05, 0) is 25.2 Å². The minimum Gasteiger partial charge on any atom is -0.493 e. The molecule has 2 aromatic rings. The van der Waals surface area contributed by atoms with Gasteiger partial charge in [-0.1, -0.05) is 0 Å². The van der Waals surface area contributed by atoms with Crippen LogP contribution in [0.25, 0.3) is 11.5 Å². The molecule has 0 saturated carbocycles. The van der Waals surface area contributed by atoms with E-state index < -0.39 is 0 Å². The van der Waals surface area contributed by atoms with E-state index in [1.807, 2.05) is 25.2 Å². The highest BCUT2D eigenvalue weighted by atomic mass is 16.5. The van der Waals surface area contributed by atoms with E-state index in [4.69, 9.17) is 13.9 Å². The first-order valence-electron chi connectivity index (χ1n) is 5.60. The van der Waals surface area contributed by atoms with Gasteiger partial charge in [0.25, 0.3) is 0 Å². The Labute approximate surface area is 106 Å². The van der Waals surface area contributed by atoms with Crippen molar-refractivity contribution in [2.24, 2.45) is 0 Å². The molecule has 0 spiro atoms. The average molecular weight is 248 g/mol. The van der Waals surface area contributed by atoms with Crippen LogP contribution in [0.15, 0.2) is 28.9 Å². The van der Waals surface area contributed by atoms with Gasteiger partial charge in [0.1, 0.15) is 6.26 Å². The minimum atomic E-state index is 0.571. The van der Waals surface area contributed by atoms with Gasteiger partial charge in [0, 0.05) is 12.1 Å². The van der Waals surface area contributed by atoms with Crippen LogP contribution in [0.1, 0.15) is 5.69 Å². The van der Waals surface area contributed by atoms with Crippen LogP contribution in [-0.4, -0.2) is 26.3 Å². The number of benzene rings is 1. The second-order valence-electron chi connectivity index (χ2n) is 3.74. The first-order chi connectivity index (χ1) is 8.78. The molecule has 1 N–H and O–H groups in total. The summed E-state index contributed by atoms with van der Waals surface area (Å²) in [7, 11) is 5.07. The van der Waals surface area contributed by atoms with E-state index >= 15 is 0 Å². The average Bonchev–Trinajstić information content (AvgIpc) is 2.87. The van der Waals surface area contributed by atoms with Crippen LogP contribution in [0, 0.1) is 0 Å². The first-order valence-corrected chi connectivity index (χ1v) is 5.60. The number of nitrogens with zero attached hydrogens (tertiary/aromatic N) is 1. The largest absolute Gasteiger partial charge is 0.493 e. The molecule has 18 heavy (non-hydrogen) atoms. The van der Waals surface area contributed by atoms with Crippen molar-refractivity contribution in [1.82, 2.24) is 10.3 Å². The van der Waals surface area contributed by atoms with Crippen LogP contribution in [-0.2, 0) is 6.54 Å². The predicted molar refractivity (Wildman–Crippen MR) is 67.8 cm³/mol. The van der Waals surface area contributed by atoms with E-state index in [-0.39, 0.29) is 0 Å². The Hall–Kier alpha value is -2.01. The Morgan fingerprint density at radius 2 is 2.00 bits per heavy atom. The molecular formula is C13H16N2O3. The molecule has 96 valence electrons. The quantitative estimate of drug-likeness (QED) is 0.878. The van der Waals surface area contributed by atoms with Crippen LogP contribution < -0.4 is 14.8 Å². The Morgan fingerprint density at radius 3 is 2.67 bits per heavy atom. The molecule has 2 rings (SSSR count). The molecular weight excluding hydrogens is 232 g/mol. The third-order valence-corrected chi connectivity index (χ3v) is 2.54. The molecule has 0 fully saturated rings. The molecule has 0 unspecified atom stereocenters. The lowest BCUT2D eigenvalue weighted by atomic mass is 10.2. The van der Waals surface area contributed by atoms with Gasteiger partial charge in [-0.15, -0.1) is 0 Å². The lowest BCUT2D eigenvalue weighted by Crippen LogP contribution is -2.04. The van der Waals surface area contributed by atoms with E-state index in [1.165, 1.54) is 0 Å². The zero-order chi connectivity index (χ0) is 13.0. The van der Waals surface area contributed by atoms with Gasteiger partial charge >= 0.3 is 0 Å². The molecule has 0 bridgehead atoms. The molecule has 0 aliphatic heterocycles. The Morgan fingerprint density at radius 1 is 1.22 bits per heavy atom. The van der Waals surface area contributed by atoms with Crippen molar-refractivity contribution in [2.75, 3.05) is 21.3 Å². The van der Waals surface area contributed by atoms with Crippen molar-refractivity contribution in [3.63, 3.8) is 0 Å². The molecule has 1 aromatic carbocycles. The molecule has 5 heteroatoms. The summed E-state index contributed by atoms with van der Waals surface area (Å²) in [6.07, 6.45) is 1.64. The second-order valence-corrected chi connectivity index (χ2v) is 3.74. The Balaban J connectivity index is 2.31. The molecule has 0 radical (unpaired) electrons. The molecule has 1 aromatic heterocycles. The smallest absolute Gasteiger partial charge is 0.226 e. The maximum Gasteiger partial charge on any atom is 0.226 e. The number of ether oxygens (including phenoxy) is 2. The number of rotatable bonds is 5. The van der Waals surface area contributed by atoms with Crippen molar-refractivity contribution >= 4 is 0 Å². The lowest BCUT2D eigenvalue weighted by Gasteiger charge is -2.07. The Kier molecular flexibility index (Phi) is 3.84. The van der Waals surface area contributed by atoms with Gasteiger partial charge in [-0.2, -0.15) is 0 Å².